The van der Waals surface area contributed by atoms with Crippen LogP contribution in [0.25, 0.3) is 0 Å². The zero-order valence-electron chi connectivity index (χ0n) is 10.6. The highest BCUT2D eigenvalue weighted by Gasteiger charge is 2.26. The largest absolute Gasteiger partial charge is 0.340 e. The first kappa shape index (κ1) is 19.6. The SMILES string of the molecule is CS(=O)(=O)OCCCO[P@@](N)(=O)N(CCCl)CCCl. The Bertz CT molecular complexity index is 389. The molecule has 1 atom stereocenters. The molecule has 2 N–H and O–H groups in total. The fourth-order valence-electron chi connectivity index (χ4n) is 1.13. The van der Waals surface area contributed by atoms with Crippen molar-refractivity contribution in [2.75, 3.05) is 44.3 Å². The average molecular weight is 357 g/mol. The van der Waals surface area contributed by atoms with E-state index >= 15 is 0 Å². The summed E-state index contributed by atoms with van der Waals surface area (Å²) in [4.78, 5) is 0. The summed E-state index contributed by atoms with van der Waals surface area (Å²) in [5.74, 6) is 0.497. The predicted molar refractivity (Wildman–Crippen MR) is 76.2 cm³/mol. The maximum atomic E-state index is 12.1. The molecule has 0 fully saturated rings. The van der Waals surface area contributed by atoms with Crippen LogP contribution in [0.3, 0.4) is 0 Å². The second kappa shape index (κ2) is 9.52. The van der Waals surface area contributed by atoms with Gasteiger partial charge >= 0.3 is 7.67 Å². The van der Waals surface area contributed by atoms with Crippen LogP contribution in [0.5, 0.6) is 0 Å². The Hall–Kier alpha value is 0.600. The van der Waals surface area contributed by atoms with E-state index < -0.39 is 17.8 Å². The van der Waals surface area contributed by atoms with Gasteiger partial charge in [-0.3, -0.25) is 8.75 Å². The second-order valence-electron chi connectivity index (χ2n) is 3.61. The van der Waals surface area contributed by atoms with Gasteiger partial charge in [0.05, 0.1) is 19.5 Å². The van der Waals surface area contributed by atoms with Crippen LogP contribution in [0.1, 0.15) is 6.42 Å². The Morgan fingerprint density at radius 1 is 1.21 bits per heavy atom. The smallest absolute Gasteiger partial charge is 0.306 e. The molecule has 0 bridgehead atoms. The molecule has 0 unspecified atom stereocenters. The van der Waals surface area contributed by atoms with E-state index in [2.05, 4.69) is 4.18 Å². The Morgan fingerprint density at radius 2 is 1.74 bits per heavy atom. The number of halogens is 2. The average Bonchev–Trinajstić information content (AvgIpc) is 2.26. The lowest BCUT2D eigenvalue weighted by Crippen LogP contribution is -2.29. The quantitative estimate of drug-likeness (QED) is 0.257. The first-order valence-electron chi connectivity index (χ1n) is 5.48. The van der Waals surface area contributed by atoms with Crippen LogP contribution in [0.15, 0.2) is 0 Å². The molecule has 0 rings (SSSR count). The monoisotopic (exact) mass is 356 g/mol. The van der Waals surface area contributed by atoms with Crippen molar-refractivity contribution in [1.29, 1.82) is 0 Å². The third-order valence-corrected chi connectivity index (χ3v) is 4.62. The lowest BCUT2D eigenvalue weighted by atomic mass is 10.5. The molecule has 0 aromatic carbocycles. The molecule has 0 heterocycles. The van der Waals surface area contributed by atoms with Crippen molar-refractivity contribution in [2.45, 2.75) is 6.42 Å². The molecule has 0 amide bonds. The number of rotatable bonds is 11. The van der Waals surface area contributed by atoms with Crippen molar-refractivity contribution in [2.24, 2.45) is 5.50 Å². The maximum Gasteiger partial charge on any atom is 0.340 e. The van der Waals surface area contributed by atoms with Crippen LogP contribution in [0, 0.1) is 0 Å². The molecule has 11 heteroatoms. The number of alkyl halides is 2. The summed E-state index contributed by atoms with van der Waals surface area (Å²) in [5, 5.41) is 0. The molecule has 0 aliphatic heterocycles. The van der Waals surface area contributed by atoms with E-state index in [1.165, 1.54) is 4.67 Å². The molecule has 116 valence electrons. The summed E-state index contributed by atoms with van der Waals surface area (Å²) >= 11 is 11.1. The lowest BCUT2D eigenvalue weighted by Gasteiger charge is -2.26. The van der Waals surface area contributed by atoms with Gasteiger partial charge in [0.25, 0.3) is 10.1 Å². The molecule has 0 saturated heterocycles. The Balaban J connectivity index is 4.10. The summed E-state index contributed by atoms with van der Waals surface area (Å²) in [7, 11) is -6.93. The van der Waals surface area contributed by atoms with Crippen LogP contribution in [0.4, 0.5) is 0 Å². The minimum Gasteiger partial charge on any atom is -0.306 e. The van der Waals surface area contributed by atoms with Crippen molar-refractivity contribution in [1.82, 2.24) is 4.67 Å². The minimum atomic E-state index is -3.47. The Labute approximate surface area is 124 Å². The molecule has 0 spiro atoms. The summed E-state index contributed by atoms with van der Waals surface area (Å²) in [6, 6.07) is 0. The number of nitrogens with zero attached hydrogens (tertiary/aromatic N) is 1. The number of hydrogen-bond donors (Lipinski definition) is 1. The highest BCUT2D eigenvalue weighted by molar-refractivity contribution is 7.85. The normalized spacial score (nSPS) is 15.6. The van der Waals surface area contributed by atoms with E-state index in [9.17, 15) is 13.0 Å². The summed E-state index contributed by atoms with van der Waals surface area (Å²) in [5.41, 5.74) is 5.58. The summed E-state index contributed by atoms with van der Waals surface area (Å²) in [6.07, 6.45) is 1.20. The van der Waals surface area contributed by atoms with E-state index in [0.29, 0.717) is 13.1 Å². The fourth-order valence-corrected chi connectivity index (χ4v) is 3.51. The molecule has 19 heavy (non-hydrogen) atoms. The van der Waals surface area contributed by atoms with Gasteiger partial charge in [0, 0.05) is 24.8 Å². The van der Waals surface area contributed by atoms with Gasteiger partial charge in [-0.05, 0) is 6.42 Å². The van der Waals surface area contributed by atoms with Gasteiger partial charge in [0.2, 0.25) is 0 Å². The van der Waals surface area contributed by atoms with E-state index in [0.717, 1.165) is 6.26 Å². The second-order valence-corrected chi connectivity index (χ2v) is 7.96. The fraction of sp³-hybridized carbons (Fsp3) is 1.00. The topological polar surface area (TPSA) is 98.9 Å². The summed E-state index contributed by atoms with van der Waals surface area (Å²) in [6.45, 7) is 0.554. The van der Waals surface area contributed by atoms with Crippen molar-refractivity contribution in [3.63, 3.8) is 0 Å². The highest BCUT2D eigenvalue weighted by atomic mass is 35.5. The zero-order valence-corrected chi connectivity index (χ0v) is 13.8. The molecular weight excluding hydrogens is 338 g/mol. The summed E-state index contributed by atoms with van der Waals surface area (Å²) < 4.78 is 44.4. The van der Waals surface area contributed by atoms with E-state index in [4.69, 9.17) is 33.2 Å². The van der Waals surface area contributed by atoms with E-state index in [-0.39, 0.29) is 31.4 Å². The first-order valence-corrected chi connectivity index (χ1v) is 10.0. The zero-order chi connectivity index (χ0) is 14.9. The number of hydrogen-bond acceptors (Lipinski definition) is 5. The number of nitrogens with two attached hydrogens (primary N) is 1. The van der Waals surface area contributed by atoms with Crippen molar-refractivity contribution < 1.29 is 21.7 Å². The third-order valence-electron chi connectivity index (χ3n) is 1.94. The van der Waals surface area contributed by atoms with Crippen LogP contribution < -0.4 is 5.50 Å². The molecule has 0 aromatic heterocycles. The highest BCUT2D eigenvalue weighted by Crippen LogP contribution is 2.42. The van der Waals surface area contributed by atoms with Gasteiger partial charge in [0.1, 0.15) is 0 Å². The Morgan fingerprint density at radius 3 is 2.16 bits per heavy atom. The molecule has 0 aliphatic rings. The first-order chi connectivity index (χ1) is 8.73. The van der Waals surface area contributed by atoms with Crippen LogP contribution >= 0.6 is 30.9 Å². The van der Waals surface area contributed by atoms with Crippen LogP contribution in [-0.4, -0.2) is 57.4 Å². The van der Waals surface area contributed by atoms with E-state index in [1.807, 2.05) is 0 Å². The van der Waals surface area contributed by atoms with Gasteiger partial charge in [-0.1, -0.05) is 0 Å². The van der Waals surface area contributed by atoms with Crippen molar-refractivity contribution in [3.05, 3.63) is 0 Å². The lowest BCUT2D eigenvalue weighted by molar-refractivity contribution is 0.231. The molecule has 7 nitrogen and oxygen atoms in total. The molecule has 0 saturated carbocycles. The van der Waals surface area contributed by atoms with Crippen LogP contribution in [0.2, 0.25) is 0 Å². The molecule has 0 aliphatic carbocycles. The van der Waals surface area contributed by atoms with Crippen molar-refractivity contribution in [3.8, 4) is 0 Å². The van der Waals surface area contributed by atoms with Crippen LogP contribution in [-0.2, 0) is 23.4 Å². The molecular formula is C8H19Cl2N2O5PS. The standard InChI is InChI=1S/C8H19Cl2N2O5PS/c1-19(14,15)17-8-2-7-16-18(11,13)12(5-3-9)6-4-10/h2-8H2,1H3,(H2,11,13)/t18-/m1/s1. The van der Waals surface area contributed by atoms with Gasteiger partial charge in [0.15, 0.2) is 0 Å². The Kier molecular flexibility index (Phi) is 9.82. The maximum absolute atomic E-state index is 12.1. The molecule has 0 aromatic rings. The molecule has 0 radical (unpaired) electrons. The predicted octanol–water partition coefficient (Wildman–Crippen LogP) is 1.22. The third kappa shape index (κ3) is 10.0. The van der Waals surface area contributed by atoms with E-state index in [1.54, 1.807) is 0 Å². The van der Waals surface area contributed by atoms with Gasteiger partial charge in [-0.2, -0.15) is 8.42 Å². The minimum absolute atomic E-state index is 0.0182. The van der Waals surface area contributed by atoms with Gasteiger partial charge in [-0.25, -0.2) is 10.2 Å². The van der Waals surface area contributed by atoms with Crippen molar-refractivity contribution >= 4 is 41.0 Å². The van der Waals surface area contributed by atoms with Gasteiger partial charge < -0.3 is 4.52 Å². The van der Waals surface area contributed by atoms with Gasteiger partial charge in [-0.15, -0.1) is 23.2 Å².